The number of benzene rings is 2. The van der Waals surface area contributed by atoms with Crippen LogP contribution in [0.1, 0.15) is 12.5 Å². The van der Waals surface area contributed by atoms with Gasteiger partial charge in [-0.2, -0.15) is 0 Å². The summed E-state index contributed by atoms with van der Waals surface area (Å²) in [5, 5.41) is 7.87. The molecule has 0 bridgehead atoms. The Morgan fingerprint density at radius 2 is 1.93 bits per heavy atom. The number of nitrogens with zero attached hydrogens (tertiary/aromatic N) is 2. The predicted molar refractivity (Wildman–Crippen MR) is 116 cm³/mol. The van der Waals surface area contributed by atoms with Crippen molar-refractivity contribution in [2.24, 2.45) is 4.99 Å². The Hall–Kier alpha value is -3.28. The minimum atomic E-state index is -0.0948. The molecule has 1 aliphatic rings. The highest BCUT2D eigenvalue weighted by Gasteiger charge is 2.20. The van der Waals surface area contributed by atoms with E-state index in [4.69, 9.17) is 9.47 Å². The summed E-state index contributed by atoms with van der Waals surface area (Å²) in [4.78, 5) is 9.20. The molecule has 0 saturated heterocycles. The van der Waals surface area contributed by atoms with Gasteiger partial charge in [-0.25, -0.2) is 4.99 Å². The zero-order valence-corrected chi connectivity index (χ0v) is 16.6. The predicted octanol–water partition coefficient (Wildman–Crippen LogP) is 3.17. The van der Waals surface area contributed by atoms with Crippen LogP contribution in [0.3, 0.4) is 0 Å². The van der Waals surface area contributed by atoms with Gasteiger partial charge in [-0.15, -0.1) is 0 Å². The highest BCUT2D eigenvalue weighted by Crippen LogP contribution is 2.30. The maximum atomic E-state index is 5.99. The van der Waals surface area contributed by atoms with Gasteiger partial charge < -0.3 is 20.1 Å². The van der Waals surface area contributed by atoms with E-state index in [1.54, 1.807) is 0 Å². The van der Waals surface area contributed by atoms with Gasteiger partial charge in [0.15, 0.2) is 23.6 Å². The number of rotatable bonds is 6. The lowest BCUT2D eigenvalue weighted by Gasteiger charge is -2.25. The van der Waals surface area contributed by atoms with E-state index < -0.39 is 0 Å². The molecule has 0 saturated carbocycles. The normalized spacial score (nSPS) is 15.9. The molecule has 3 aromatic rings. The van der Waals surface area contributed by atoms with Crippen LogP contribution in [0.2, 0.25) is 0 Å². The van der Waals surface area contributed by atoms with Crippen LogP contribution >= 0.6 is 0 Å². The lowest BCUT2D eigenvalue weighted by molar-refractivity contribution is 0.0971. The highest BCUT2D eigenvalue weighted by molar-refractivity contribution is 5.82. The summed E-state index contributed by atoms with van der Waals surface area (Å²) in [6, 6.07) is 18.1. The van der Waals surface area contributed by atoms with Crippen LogP contribution in [-0.4, -0.2) is 43.3 Å². The summed E-state index contributed by atoms with van der Waals surface area (Å²) in [6.07, 6.45) is 2.62. The molecule has 1 aromatic heterocycles. The zero-order valence-electron chi connectivity index (χ0n) is 16.6. The number of para-hydroxylation sites is 3. The van der Waals surface area contributed by atoms with Crippen molar-refractivity contribution in [1.29, 1.82) is 0 Å². The van der Waals surface area contributed by atoms with Gasteiger partial charge in [0, 0.05) is 24.7 Å². The van der Waals surface area contributed by atoms with E-state index in [0.29, 0.717) is 13.2 Å². The second kappa shape index (κ2) is 9.28. The number of guanidine groups is 1. The number of nitrogens with one attached hydrogen (secondary N) is 2. The molecular weight excluding hydrogens is 364 g/mol. The third-order valence-corrected chi connectivity index (χ3v) is 4.77. The number of ether oxygens (including phenoxy) is 2. The Balaban J connectivity index is 1.34. The van der Waals surface area contributed by atoms with Crippen molar-refractivity contribution in [2.75, 3.05) is 26.2 Å². The first-order valence-electron chi connectivity index (χ1n) is 10.1. The first kappa shape index (κ1) is 19.1. The number of hydrogen-bond acceptors (Lipinski definition) is 4. The monoisotopic (exact) mass is 390 g/mol. The first-order chi connectivity index (χ1) is 14.3. The second-order valence-electron chi connectivity index (χ2n) is 6.89. The molecule has 1 atom stereocenters. The van der Waals surface area contributed by atoms with Crippen molar-refractivity contribution >= 4 is 16.9 Å². The van der Waals surface area contributed by atoms with Gasteiger partial charge >= 0.3 is 0 Å². The third-order valence-electron chi connectivity index (χ3n) is 4.77. The van der Waals surface area contributed by atoms with Gasteiger partial charge in [0.2, 0.25) is 0 Å². The van der Waals surface area contributed by atoms with E-state index >= 15 is 0 Å². The van der Waals surface area contributed by atoms with Crippen molar-refractivity contribution in [3.63, 3.8) is 0 Å². The second-order valence-corrected chi connectivity index (χ2v) is 6.89. The van der Waals surface area contributed by atoms with Gasteiger partial charge in [-0.05, 0) is 37.1 Å². The van der Waals surface area contributed by atoms with Gasteiger partial charge in [0.1, 0.15) is 6.61 Å². The molecule has 6 nitrogen and oxygen atoms in total. The largest absolute Gasteiger partial charge is 0.486 e. The first-order valence-corrected chi connectivity index (χ1v) is 10.1. The molecular formula is C23H26N4O2. The molecule has 1 aliphatic heterocycles. The summed E-state index contributed by atoms with van der Waals surface area (Å²) in [5.41, 5.74) is 2.29. The minimum absolute atomic E-state index is 0.0948. The van der Waals surface area contributed by atoms with Gasteiger partial charge in [-0.1, -0.05) is 36.4 Å². The summed E-state index contributed by atoms with van der Waals surface area (Å²) >= 11 is 0. The zero-order chi connectivity index (χ0) is 19.9. The molecule has 6 heteroatoms. The van der Waals surface area contributed by atoms with Crippen LogP contribution < -0.4 is 20.1 Å². The van der Waals surface area contributed by atoms with E-state index in [1.807, 2.05) is 36.5 Å². The topological polar surface area (TPSA) is 67.8 Å². The number of hydrogen-bond donors (Lipinski definition) is 2. The van der Waals surface area contributed by atoms with Crippen LogP contribution in [0.5, 0.6) is 11.5 Å². The average Bonchev–Trinajstić information content (AvgIpc) is 2.77. The smallest absolute Gasteiger partial charge is 0.191 e. The van der Waals surface area contributed by atoms with Crippen molar-refractivity contribution < 1.29 is 9.47 Å². The fourth-order valence-electron chi connectivity index (χ4n) is 3.37. The van der Waals surface area contributed by atoms with E-state index in [2.05, 4.69) is 51.8 Å². The Morgan fingerprint density at radius 3 is 2.83 bits per heavy atom. The highest BCUT2D eigenvalue weighted by atomic mass is 16.6. The van der Waals surface area contributed by atoms with Crippen molar-refractivity contribution in [2.45, 2.75) is 19.4 Å². The SMILES string of the molecule is CCNC(=NCC1COc2ccccc2O1)NCCc1cccc2cccnc12. The van der Waals surface area contributed by atoms with Crippen LogP contribution in [0.4, 0.5) is 0 Å². The van der Waals surface area contributed by atoms with Crippen molar-refractivity contribution in [3.8, 4) is 11.5 Å². The molecule has 0 fully saturated rings. The maximum Gasteiger partial charge on any atom is 0.191 e. The molecule has 29 heavy (non-hydrogen) atoms. The van der Waals surface area contributed by atoms with Crippen molar-refractivity contribution in [3.05, 3.63) is 66.4 Å². The van der Waals surface area contributed by atoms with Crippen LogP contribution in [0, 0.1) is 0 Å². The third kappa shape index (κ3) is 4.77. The molecule has 2 heterocycles. The standard InChI is InChI=1S/C23H26N4O2/c1-2-24-23(27-15-19-16-28-20-10-3-4-11-21(20)29-19)26-14-12-18-8-5-7-17-9-6-13-25-22(17)18/h3-11,13,19H,2,12,14-16H2,1H3,(H2,24,26,27). The number of pyridine rings is 1. The number of aliphatic imine (C=N–C) groups is 1. The number of fused-ring (bicyclic) bond motifs is 2. The van der Waals surface area contributed by atoms with E-state index in [0.717, 1.165) is 42.5 Å². The summed E-state index contributed by atoms with van der Waals surface area (Å²) < 4.78 is 11.8. The molecule has 1 unspecified atom stereocenters. The maximum absolute atomic E-state index is 5.99. The summed E-state index contributed by atoms with van der Waals surface area (Å²) in [6.45, 7) is 4.66. The van der Waals surface area contributed by atoms with E-state index in [9.17, 15) is 0 Å². The molecule has 2 N–H and O–H groups in total. The Kier molecular flexibility index (Phi) is 6.10. The van der Waals surface area contributed by atoms with E-state index in [1.165, 1.54) is 10.9 Å². The van der Waals surface area contributed by atoms with Gasteiger partial charge in [-0.3, -0.25) is 4.98 Å². The lowest BCUT2D eigenvalue weighted by atomic mass is 10.1. The van der Waals surface area contributed by atoms with Gasteiger partial charge in [0.25, 0.3) is 0 Å². The Labute approximate surface area is 171 Å². The molecule has 2 aromatic carbocycles. The van der Waals surface area contributed by atoms with Crippen molar-refractivity contribution in [1.82, 2.24) is 15.6 Å². The molecule has 0 amide bonds. The lowest BCUT2D eigenvalue weighted by Crippen LogP contribution is -2.40. The Bertz CT molecular complexity index is 984. The molecule has 0 spiro atoms. The molecule has 150 valence electrons. The fourth-order valence-corrected chi connectivity index (χ4v) is 3.37. The van der Waals surface area contributed by atoms with Gasteiger partial charge in [0.05, 0.1) is 12.1 Å². The quantitative estimate of drug-likeness (QED) is 0.500. The fraction of sp³-hybridized carbons (Fsp3) is 0.304. The average molecular weight is 390 g/mol. The molecule has 0 radical (unpaired) electrons. The van der Waals surface area contributed by atoms with Crippen LogP contribution in [0.25, 0.3) is 10.9 Å². The Morgan fingerprint density at radius 1 is 1.07 bits per heavy atom. The molecule has 0 aliphatic carbocycles. The minimum Gasteiger partial charge on any atom is -0.486 e. The molecule has 4 rings (SSSR count). The summed E-state index contributed by atoms with van der Waals surface area (Å²) in [7, 11) is 0. The van der Waals surface area contributed by atoms with Crippen LogP contribution in [-0.2, 0) is 6.42 Å². The summed E-state index contributed by atoms with van der Waals surface area (Å²) in [5.74, 6) is 2.35. The number of aromatic nitrogens is 1. The van der Waals surface area contributed by atoms with Crippen LogP contribution in [0.15, 0.2) is 65.8 Å². The van der Waals surface area contributed by atoms with E-state index in [-0.39, 0.29) is 6.10 Å².